The molecule has 0 radical (unpaired) electrons. The van der Waals surface area contributed by atoms with E-state index in [-0.39, 0.29) is 0 Å². The Labute approximate surface area is 179 Å². The first-order chi connectivity index (χ1) is 14.8. The van der Waals surface area contributed by atoms with Crippen LogP contribution in [0.1, 0.15) is 38.1 Å². The highest BCUT2D eigenvalue weighted by Gasteiger charge is 2.22. The lowest BCUT2D eigenvalue weighted by Gasteiger charge is -2.14. The van der Waals surface area contributed by atoms with Gasteiger partial charge in [0, 0.05) is 35.3 Å². The molecule has 30 heavy (non-hydrogen) atoms. The van der Waals surface area contributed by atoms with Gasteiger partial charge in [0.1, 0.15) is 7.05 Å². The zero-order chi connectivity index (χ0) is 22.0. The lowest BCUT2D eigenvalue weighted by atomic mass is 9.96. The predicted molar refractivity (Wildman–Crippen MR) is 128 cm³/mol. The van der Waals surface area contributed by atoms with E-state index in [1.807, 2.05) is 6.92 Å². The van der Waals surface area contributed by atoms with Crippen LogP contribution in [0, 0.1) is 20.8 Å². The Bertz CT molecular complexity index is 1510. The van der Waals surface area contributed by atoms with E-state index >= 15 is 0 Å². The van der Waals surface area contributed by atoms with Gasteiger partial charge in [-0.1, -0.05) is 35.9 Å². The van der Waals surface area contributed by atoms with Gasteiger partial charge in [0.2, 0.25) is 5.69 Å². The van der Waals surface area contributed by atoms with Crippen LogP contribution in [-0.2, 0) is 7.05 Å². The van der Waals surface area contributed by atoms with Crippen molar-refractivity contribution in [3.8, 4) is 11.3 Å². The van der Waals surface area contributed by atoms with Crippen LogP contribution in [0.5, 0.6) is 0 Å². The van der Waals surface area contributed by atoms with E-state index in [0.717, 1.165) is 16.5 Å². The average Bonchev–Trinajstić information content (AvgIpc) is 3.06. The normalized spacial score (nSPS) is 12.4. The summed E-state index contributed by atoms with van der Waals surface area (Å²) in [7, 11) is 2.09. The van der Waals surface area contributed by atoms with E-state index in [2.05, 4.69) is 98.5 Å². The largest absolute Gasteiger partial charge is 0.338 e. The van der Waals surface area contributed by atoms with Crippen molar-refractivity contribution in [2.75, 3.05) is 0 Å². The molecule has 0 fully saturated rings. The maximum atomic E-state index is 8.68. The molecule has 3 aromatic carbocycles. The van der Waals surface area contributed by atoms with Crippen LogP contribution < -0.4 is 4.57 Å². The molecule has 2 aromatic heterocycles. The molecular weight excluding hydrogens is 364 g/mol. The number of para-hydroxylation sites is 1. The lowest BCUT2D eigenvalue weighted by Crippen LogP contribution is -2.35. The van der Waals surface area contributed by atoms with E-state index in [4.69, 9.17) is 1.37 Å². The molecular formula is C28H29N2+. The number of fused-ring (bicyclic) bond motifs is 4. The minimum Gasteiger partial charge on any atom is -0.338 e. The van der Waals surface area contributed by atoms with Crippen LogP contribution in [0.3, 0.4) is 0 Å². The number of aryl methyl sites for hydroxylation is 2. The van der Waals surface area contributed by atoms with Gasteiger partial charge in [-0.2, -0.15) is 4.57 Å². The van der Waals surface area contributed by atoms with E-state index in [9.17, 15) is 0 Å². The van der Waals surface area contributed by atoms with Crippen LogP contribution in [0.25, 0.3) is 43.8 Å². The fourth-order valence-electron chi connectivity index (χ4n) is 4.88. The van der Waals surface area contributed by atoms with E-state index in [0.29, 0.717) is 12.1 Å². The second kappa shape index (κ2) is 6.70. The third kappa shape index (κ3) is 2.67. The lowest BCUT2D eigenvalue weighted by molar-refractivity contribution is -0.665. The summed E-state index contributed by atoms with van der Waals surface area (Å²) in [5.41, 5.74) is 8.43. The van der Waals surface area contributed by atoms with Gasteiger partial charge in [0.25, 0.3) is 0 Å². The first-order valence-electron chi connectivity index (χ1n) is 11.2. The summed E-state index contributed by atoms with van der Waals surface area (Å²) in [6.07, 6.45) is 0. The van der Waals surface area contributed by atoms with Gasteiger partial charge in [-0.15, -0.1) is 0 Å². The van der Waals surface area contributed by atoms with Gasteiger partial charge < -0.3 is 4.57 Å². The summed E-state index contributed by atoms with van der Waals surface area (Å²) >= 11 is 0. The van der Waals surface area contributed by atoms with Crippen molar-refractivity contribution in [3.63, 3.8) is 0 Å². The molecule has 2 nitrogen and oxygen atoms in total. The van der Waals surface area contributed by atoms with Crippen molar-refractivity contribution in [1.29, 1.82) is 0 Å². The molecule has 0 aliphatic rings. The van der Waals surface area contributed by atoms with E-state index in [1.165, 1.54) is 44.2 Å². The smallest absolute Gasteiger partial charge is 0.220 e. The van der Waals surface area contributed by atoms with Gasteiger partial charge in [0.15, 0.2) is 5.69 Å². The van der Waals surface area contributed by atoms with Gasteiger partial charge >= 0.3 is 0 Å². The van der Waals surface area contributed by atoms with Crippen molar-refractivity contribution in [1.82, 2.24) is 4.57 Å². The molecule has 0 aliphatic heterocycles. The fourth-order valence-corrected chi connectivity index (χ4v) is 4.88. The second-order valence-electron chi connectivity index (χ2n) is 8.83. The van der Waals surface area contributed by atoms with Crippen LogP contribution in [0.15, 0.2) is 60.6 Å². The highest BCUT2D eigenvalue weighted by Crippen LogP contribution is 2.37. The molecule has 5 rings (SSSR count). The average molecular weight is 395 g/mol. The summed E-state index contributed by atoms with van der Waals surface area (Å²) in [5.74, 6) is 0. The Hall–Kier alpha value is -3.13. The van der Waals surface area contributed by atoms with E-state index in [1.54, 1.807) is 0 Å². The quantitative estimate of drug-likeness (QED) is 0.287. The topological polar surface area (TPSA) is 8.81 Å². The summed E-state index contributed by atoms with van der Waals surface area (Å²) in [5, 5.41) is 4.78. The molecule has 0 aliphatic carbocycles. The molecule has 0 bridgehead atoms. The standard InChI is InChI=1S/C28H29N2/c1-17(2)30-26-10-8-7-9-22(26)25-14-19(4)23(16-27(25)30)28-24-13-18(3)11-12-21(24)15-20(5)29(28)6/h7-17H,1-6H3/q+1/i15D. The SMILES string of the molecule is [2H]c1c(C)[n+](C)c(-c2cc3c(cc2C)c2ccccc2n3C(C)C)c2cc(C)ccc12. The Morgan fingerprint density at radius 1 is 0.867 bits per heavy atom. The molecule has 2 heterocycles. The molecule has 0 saturated carbocycles. The second-order valence-corrected chi connectivity index (χ2v) is 8.83. The molecule has 0 atom stereocenters. The van der Waals surface area contributed by atoms with Crippen molar-refractivity contribution < 1.29 is 5.94 Å². The van der Waals surface area contributed by atoms with Gasteiger partial charge in [-0.3, -0.25) is 0 Å². The molecule has 0 spiro atoms. The first kappa shape index (κ1) is 17.7. The molecule has 2 heteroatoms. The number of rotatable bonds is 2. The third-order valence-electron chi connectivity index (χ3n) is 6.41. The maximum Gasteiger partial charge on any atom is 0.220 e. The van der Waals surface area contributed by atoms with Crippen LogP contribution in [0.4, 0.5) is 0 Å². The summed E-state index contributed by atoms with van der Waals surface area (Å²) in [6, 6.07) is 20.8. The Kier molecular flexibility index (Phi) is 3.95. The van der Waals surface area contributed by atoms with Gasteiger partial charge in [0.05, 0.1) is 17.8 Å². The monoisotopic (exact) mass is 394 g/mol. The number of pyridine rings is 1. The first-order valence-corrected chi connectivity index (χ1v) is 10.7. The Morgan fingerprint density at radius 3 is 2.40 bits per heavy atom. The zero-order valence-electron chi connectivity index (χ0n) is 19.7. The molecule has 5 aromatic rings. The number of hydrogen-bond acceptors (Lipinski definition) is 0. The molecule has 0 unspecified atom stereocenters. The van der Waals surface area contributed by atoms with E-state index < -0.39 is 0 Å². The Balaban J connectivity index is 1.96. The van der Waals surface area contributed by atoms with Crippen LogP contribution in [0.2, 0.25) is 0 Å². The highest BCUT2D eigenvalue weighted by atomic mass is 15.0. The summed E-state index contributed by atoms with van der Waals surface area (Å²) < 4.78 is 13.3. The van der Waals surface area contributed by atoms with Gasteiger partial charge in [-0.05, 0) is 62.9 Å². The Morgan fingerprint density at radius 2 is 1.63 bits per heavy atom. The zero-order valence-corrected chi connectivity index (χ0v) is 18.7. The minimum atomic E-state index is 0.364. The van der Waals surface area contributed by atoms with Crippen molar-refractivity contribution >= 4 is 32.6 Å². The van der Waals surface area contributed by atoms with Crippen LogP contribution >= 0.6 is 0 Å². The molecule has 150 valence electrons. The minimum absolute atomic E-state index is 0.364. The summed E-state index contributed by atoms with van der Waals surface area (Å²) in [6.45, 7) is 10.9. The van der Waals surface area contributed by atoms with Crippen molar-refractivity contribution in [2.24, 2.45) is 7.05 Å². The number of hydrogen-bond donors (Lipinski definition) is 0. The summed E-state index contributed by atoms with van der Waals surface area (Å²) in [4.78, 5) is 0. The third-order valence-corrected chi connectivity index (χ3v) is 6.41. The molecule has 0 saturated heterocycles. The van der Waals surface area contributed by atoms with Crippen LogP contribution in [-0.4, -0.2) is 4.57 Å². The number of aromatic nitrogens is 2. The fraction of sp³-hybridized carbons (Fsp3) is 0.250. The van der Waals surface area contributed by atoms with Gasteiger partial charge in [-0.25, -0.2) is 0 Å². The predicted octanol–water partition coefficient (Wildman–Crippen LogP) is 6.95. The number of benzene rings is 3. The molecule has 0 N–H and O–H groups in total. The molecule has 0 amide bonds. The van der Waals surface area contributed by atoms with Crippen molar-refractivity contribution in [2.45, 2.75) is 40.7 Å². The highest BCUT2D eigenvalue weighted by molar-refractivity contribution is 6.10. The van der Waals surface area contributed by atoms with Crippen molar-refractivity contribution in [3.05, 3.63) is 77.5 Å². The number of nitrogens with zero attached hydrogens (tertiary/aromatic N) is 2. The maximum absolute atomic E-state index is 8.68.